The molecule has 2 aliphatic rings. The van der Waals surface area contributed by atoms with Crippen LogP contribution in [0.25, 0.3) is 0 Å². The van der Waals surface area contributed by atoms with Crippen molar-refractivity contribution in [2.24, 2.45) is 4.99 Å². The Hall–Kier alpha value is -0.810. The van der Waals surface area contributed by atoms with Gasteiger partial charge in [0, 0.05) is 46.9 Å². The lowest BCUT2D eigenvalue weighted by Crippen LogP contribution is -2.54. The van der Waals surface area contributed by atoms with Crippen LogP contribution in [-0.2, 0) is 14.2 Å². The van der Waals surface area contributed by atoms with Gasteiger partial charge in [0.1, 0.15) is 11.7 Å². The highest BCUT2D eigenvalue weighted by molar-refractivity contribution is 14.0. The smallest absolute Gasteiger partial charge is 0.410 e. The van der Waals surface area contributed by atoms with Gasteiger partial charge in [0.15, 0.2) is 5.96 Å². The van der Waals surface area contributed by atoms with E-state index < -0.39 is 5.60 Å². The minimum Gasteiger partial charge on any atom is -0.444 e. The Morgan fingerprint density at radius 1 is 1.30 bits per heavy atom. The molecular formula is C18H35IN4O4. The first kappa shape index (κ1) is 24.2. The van der Waals surface area contributed by atoms with Crippen LogP contribution in [0, 0.1) is 0 Å². The number of likely N-dealkylation sites (N-methyl/N-ethyl adjacent to an activating group) is 1. The van der Waals surface area contributed by atoms with E-state index in [9.17, 15) is 4.79 Å². The monoisotopic (exact) mass is 498 g/mol. The molecule has 2 unspecified atom stereocenters. The summed E-state index contributed by atoms with van der Waals surface area (Å²) < 4.78 is 17.0. The van der Waals surface area contributed by atoms with E-state index in [1.807, 2.05) is 20.8 Å². The van der Waals surface area contributed by atoms with Crippen molar-refractivity contribution < 1.29 is 19.0 Å². The van der Waals surface area contributed by atoms with E-state index in [1.165, 1.54) is 0 Å². The van der Waals surface area contributed by atoms with E-state index in [-0.39, 0.29) is 42.3 Å². The Morgan fingerprint density at radius 2 is 2.00 bits per heavy atom. The fourth-order valence-electron chi connectivity index (χ4n) is 3.09. The van der Waals surface area contributed by atoms with Crippen LogP contribution in [0.4, 0.5) is 4.79 Å². The molecule has 9 heteroatoms. The van der Waals surface area contributed by atoms with Crippen LogP contribution in [0.15, 0.2) is 4.99 Å². The van der Waals surface area contributed by atoms with Crippen molar-refractivity contribution in [1.82, 2.24) is 15.1 Å². The van der Waals surface area contributed by atoms with Gasteiger partial charge in [0.05, 0.1) is 12.7 Å². The van der Waals surface area contributed by atoms with E-state index in [0.717, 1.165) is 38.5 Å². The third-order valence-corrected chi connectivity index (χ3v) is 4.42. The molecule has 0 radical (unpaired) electrons. The highest BCUT2D eigenvalue weighted by Gasteiger charge is 2.32. The summed E-state index contributed by atoms with van der Waals surface area (Å²) in [5, 5.41) is 3.33. The van der Waals surface area contributed by atoms with Crippen molar-refractivity contribution in [3.8, 4) is 0 Å². The van der Waals surface area contributed by atoms with Gasteiger partial charge in [0.25, 0.3) is 0 Å². The average Bonchev–Trinajstić information content (AvgIpc) is 3.12. The molecule has 27 heavy (non-hydrogen) atoms. The molecule has 2 rings (SSSR count). The molecule has 0 saturated carbocycles. The predicted molar refractivity (Wildman–Crippen MR) is 116 cm³/mol. The summed E-state index contributed by atoms with van der Waals surface area (Å²) in [7, 11) is 3.51. The highest BCUT2D eigenvalue weighted by atomic mass is 127. The maximum absolute atomic E-state index is 12.0. The molecule has 0 aromatic carbocycles. The van der Waals surface area contributed by atoms with Gasteiger partial charge in [-0.15, -0.1) is 24.0 Å². The molecule has 1 N–H and O–H groups in total. The molecule has 158 valence electrons. The molecule has 2 saturated heterocycles. The Morgan fingerprint density at radius 3 is 2.59 bits per heavy atom. The maximum atomic E-state index is 12.0. The quantitative estimate of drug-likeness (QED) is 0.363. The molecule has 1 amide bonds. The van der Waals surface area contributed by atoms with Crippen molar-refractivity contribution in [3.63, 3.8) is 0 Å². The molecule has 0 aromatic heterocycles. The van der Waals surface area contributed by atoms with E-state index in [1.54, 1.807) is 19.0 Å². The van der Waals surface area contributed by atoms with Crippen LogP contribution in [0.2, 0.25) is 0 Å². The normalized spacial score (nSPS) is 23.6. The molecular weight excluding hydrogens is 463 g/mol. The number of hydrogen-bond donors (Lipinski definition) is 1. The first-order valence-electron chi connectivity index (χ1n) is 9.43. The van der Waals surface area contributed by atoms with Gasteiger partial charge in [-0.05, 0) is 33.6 Å². The number of carbonyl (C=O) groups is 1. The Kier molecular flexibility index (Phi) is 10.1. The van der Waals surface area contributed by atoms with Crippen LogP contribution < -0.4 is 5.32 Å². The number of hydrogen-bond acceptors (Lipinski definition) is 5. The lowest BCUT2D eigenvalue weighted by atomic mass is 10.1. The van der Waals surface area contributed by atoms with Crippen molar-refractivity contribution in [2.75, 3.05) is 53.5 Å². The number of carbonyl (C=O) groups excluding carboxylic acids is 1. The summed E-state index contributed by atoms with van der Waals surface area (Å²) in [4.78, 5) is 20.1. The predicted octanol–water partition coefficient (Wildman–Crippen LogP) is 1.93. The third-order valence-electron chi connectivity index (χ3n) is 4.42. The van der Waals surface area contributed by atoms with E-state index in [4.69, 9.17) is 14.2 Å². The second kappa shape index (κ2) is 11.3. The van der Waals surface area contributed by atoms with Gasteiger partial charge in [0.2, 0.25) is 0 Å². The summed E-state index contributed by atoms with van der Waals surface area (Å²) >= 11 is 0. The van der Waals surface area contributed by atoms with Crippen molar-refractivity contribution in [1.29, 1.82) is 0 Å². The Labute approximate surface area is 180 Å². The van der Waals surface area contributed by atoms with Crippen LogP contribution in [-0.4, -0.2) is 93.1 Å². The number of ether oxygens (including phenoxy) is 3. The van der Waals surface area contributed by atoms with E-state index in [2.05, 4.69) is 15.2 Å². The van der Waals surface area contributed by atoms with Gasteiger partial charge in [-0.25, -0.2) is 4.79 Å². The fourth-order valence-corrected chi connectivity index (χ4v) is 3.09. The van der Waals surface area contributed by atoms with Crippen molar-refractivity contribution in [2.45, 2.75) is 51.4 Å². The van der Waals surface area contributed by atoms with E-state index >= 15 is 0 Å². The summed E-state index contributed by atoms with van der Waals surface area (Å²) in [5.41, 5.74) is -0.486. The standard InChI is InChI=1S/C18H34N4O4.HI/c1-18(2,3)26-17(23)21(5)9-8-20-16(19-4)22-10-12-25-15(13-22)14-7-6-11-24-14;/h14-15H,6-13H2,1-5H3,(H,19,20);1H. The largest absolute Gasteiger partial charge is 0.444 e. The van der Waals surface area contributed by atoms with Crippen LogP contribution >= 0.6 is 24.0 Å². The maximum Gasteiger partial charge on any atom is 0.410 e. The van der Waals surface area contributed by atoms with E-state index in [0.29, 0.717) is 19.7 Å². The summed E-state index contributed by atoms with van der Waals surface area (Å²) in [5.74, 6) is 0.828. The third kappa shape index (κ3) is 7.98. The zero-order valence-corrected chi connectivity index (χ0v) is 19.5. The Balaban J connectivity index is 0.00000364. The molecule has 2 heterocycles. The van der Waals surface area contributed by atoms with Gasteiger partial charge < -0.3 is 29.3 Å². The minimum absolute atomic E-state index is 0. The van der Waals surface area contributed by atoms with Gasteiger partial charge in [-0.3, -0.25) is 4.99 Å². The molecule has 0 spiro atoms. The van der Waals surface area contributed by atoms with Crippen LogP contribution in [0.1, 0.15) is 33.6 Å². The number of morpholine rings is 1. The number of aliphatic imine (C=N–C) groups is 1. The fraction of sp³-hybridized carbons (Fsp3) is 0.889. The molecule has 2 aliphatic heterocycles. The SMILES string of the molecule is CN=C(NCCN(C)C(=O)OC(C)(C)C)N1CCOC(C2CCCO2)C1.I. The highest BCUT2D eigenvalue weighted by Crippen LogP contribution is 2.21. The molecule has 0 bridgehead atoms. The topological polar surface area (TPSA) is 75.6 Å². The van der Waals surface area contributed by atoms with Crippen molar-refractivity contribution >= 4 is 36.0 Å². The first-order valence-corrected chi connectivity index (χ1v) is 9.43. The summed E-state index contributed by atoms with van der Waals surface area (Å²) in [6.07, 6.45) is 2.13. The van der Waals surface area contributed by atoms with Gasteiger partial charge >= 0.3 is 6.09 Å². The molecule has 8 nitrogen and oxygen atoms in total. The first-order chi connectivity index (χ1) is 12.3. The lowest BCUT2D eigenvalue weighted by Gasteiger charge is -2.37. The number of nitrogens with one attached hydrogen (secondary N) is 1. The van der Waals surface area contributed by atoms with Gasteiger partial charge in [-0.1, -0.05) is 0 Å². The lowest BCUT2D eigenvalue weighted by molar-refractivity contribution is -0.0817. The number of rotatable bonds is 4. The number of amides is 1. The molecule has 2 fully saturated rings. The molecule has 0 aromatic rings. The molecule has 2 atom stereocenters. The van der Waals surface area contributed by atoms with Crippen LogP contribution in [0.3, 0.4) is 0 Å². The zero-order chi connectivity index (χ0) is 19.2. The van der Waals surface area contributed by atoms with Crippen molar-refractivity contribution in [3.05, 3.63) is 0 Å². The number of nitrogens with zero attached hydrogens (tertiary/aromatic N) is 3. The summed E-state index contributed by atoms with van der Waals surface area (Å²) in [6, 6.07) is 0. The number of guanidine groups is 1. The van der Waals surface area contributed by atoms with Gasteiger partial charge in [-0.2, -0.15) is 0 Å². The molecule has 0 aliphatic carbocycles. The zero-order valence-electron chi connectivity index (χ0n) is 17.2. The minimum atomic E-state index is -0.486. The number of halogens is 1. The van der Waals surface area contributed by atoms with Crippen LogP contribution in [0.5, 0.6) is 0 Å². The Bertz CT molecular complexity index is 492. The second-order valence-corrected chi connectivity index (χ2v) is 7.78. The average molecular weight is 498 g/mol. The second-order valence-electron chi connectivity index (χ2n) is 7.78. The summed E-state index contributed by atoms with van der Waals surface area (Å²) in [6.45, 7) is 9.79.